The van der Waals surface area contributed by atoms with Gasteiger partial charge in [0.1, 0.15) is 11.6 Å². The Morgan fingerprint density at radius 2 is 1.88 bits per heavy atom. The normalized spacial score (nSPS) is 15.8. The third-order valence-electron chi connectivity index (χ3n) is 4.83. The van der Waals surface area contributed by atoms with Crippen LogP contribution < -0.4 is 26.6 Å². The molecule has 0 saturated carbocycles. The van der Waals surface area contributed by atoms with E-state index in [-0.39, 0.29) is 36.0 Å². The van der Waals surface area contributed by atoms with Gasteiger partial charge in [0.25, 0.3) is 5.56 Å². The number of aromatic amines is 1. The molecule has 3 rings (SSSR count). The molecule has 0 fully saturated rings. The van der Waals surface area contributed by atoms with Crippen LogP contribution >= 0.6 is 0 Å². The molecular formula is C20H21F3N4O5. The molecule has 1 atom stereocenters. The summed E-state index contributed by atoms with van der Waals surface area (Å²) in [5.41, 5.74) is -1.40. The first-order chi connectivity index (χ1) is 14.9. The Labute approximate surface area is 179 Å². The molecule has 0 saturated heterocycles. The lowest BCUT2D eigenvalue weighted by atomic mass is 9.92. The fourth-order valence-electron chi connectivity index (χ4n) is 3.31. The second-order valence-electron chi connectivity index (χ2n) is 7.72. The minimum Gasteiger partial charge on any atom is -0.406 e. The number of hydrogen-bond acceptors (Lipinski definition) is 5. The van der Waals surface area contributed by atoms with Gasteiger partial charge in [0.05, 0.1) is 11.5 Å². The Morgan fingerprint density at radius 3 is 2.47 bits per heavy atom. The lowest BCUT2D eigenvalue weighted by Gasteiger charge is -2.26. The van der Waals surface area contributed by atoms with E-state index in [1.807, 2.05) is 13.8 Å². The van der Waals surface area contributed by atoms with Crippen molar-refractivity contribution in [3.05, 3.63) is 50.7 Å². The molecule has 12 heteroatoms. The topological polar surface area (TPSA) is 122 Å². The number of benzene rings is 1. The van der Waals surface area contributed by atoms with Crippen molar-refractivity contribution in [2.75, 3.05) is 10.6 Å². The third kappa shape index (κ3) is 5.37. The number of anilines is 2. The minimum atomic E-state index is -4.85. The van der Waals surface area contributed by atoms with Crippen molar-refractivity contribution in [1.29, 1.82) is 0 Å². The van der Waals surface area contributed by atoms with Crippen molar-refractivity contribution in [2.45, 2.75) is 45.5 Å². The van der Waals surface area contributed by atoms with Gasteiger partial charge in [0.15, 0.2) is 0 Å². The maximum absolute atomic E-state index is 12.9. The molecule has 1 aliphatic rings. The van der Waals surface area contributed by atoms with Gasteiger partial charge in [0.2, 0.25) is 11.8 Å². The van der Waals surface area contributed by atoms with E-state index in [2.05, 4.69) is 20.4 Å². The van der Waals surface area contributed by atoms with Crippen LogP contribution in [-0.4, -0.2) is 27.7 Å². The number of fused-ring (bicyclic) bond motifs is 1. The number of rotatable bonds is 6. The number of nitrogens with zero attached hydrogens (tertiary/aromatic N) is 1. The van der Waals surface area contributed by atoms with E-state index in [1.165, 1.54) is 16.7 Å². The van der Waals surface area contributed by atoms with Crippen molar-refractivity contribution in [3.8, 4) is 5.75 Å². The summed E-state index contributed by atoms with van der Waals surface area (Å²) >= 11 is 0. The van der Waals surface area contributed by atoms with Crippen LogP contribution in [0.3, 0.4) is 0 Å². The number of aromatic nitrogens is 2. The number of carbonyl (C=O) groups is 2. The molecule has 1 aromatic heterocycles. The molecule has 0 unspecified atom stereocenters. The summed E-state index contributed by atoms with van der Waals surface area (Å²) in [6, 6.07) is 4.41. The molecule has 1 aliphatic heterocycles. The Balaban J connectivity index is 1.89. The molecule has 3 N–H and O–H groups in total. The molecule has 0 spiro atoms. The van der Waals surface area contributed by atoms with Gasteiger partial charge in [-0.3, -0.25) is 23.9 Å². The number of amides is 2. The molecule has 1 aromatic carbocycles. The number of nitrogens with one attached hydrogen (secondary N) is 3. The van der Waals surface area contributed by atoms with Crippen LogP contribution in [0.25, 0.3) is 0 Å². The van der Waals surface area contributed by atoms with Crippen LogP contribution in [0.1, 0.15) is 38.2 Å². The molecule has 0 bridgehead atoms. The first-order valence-electron chi connectivity index (χ1n) is 9.78. The highest BCUT2D eigenvalue weighted by atomic mass is 19.4. The summed E-state index contributed by atoms with van der Waals surface area (Å²) < 4.78 is 41.8. The first-order valence-corrected chi connectivity index (χ1v) is 9.78. The fraction of sp³-hybridized carbons (Fsp3) is 0.400. The maximum Gasteiger partial charge on any atom is 0.573 e. The number of H-pyrrole nitrogens is 1. The Kier molecular flexibility index (Phi) is 6.42. The Hall–Kier alpha value is -3.57. The molecule has 32 heavy (non-hydrogen) atoms. The quantitative estimate of drug-likeness (QED) is 0.619. The molecule has 2 aromatic rings. The summed E-state index contributed by atoms with van der Waals surface area (Å²) in [7, 11) is 0. The van der Waals surface area contributed by atoms with Gasteiger partial charge in [-0.2, -0.15) is 0 Å². The van der Waals surface area contributed by atoms with Crippen molar-refractivity contribution in [1.82, 2.24) is 9.55 Å². The number of ether oxygens (including phenoxy) is 1. The van der Waals surface area contributed by atoms with Gasteiger partial charge in [-0.25, -0.2) is 4.79 Å². The van der Waals surface area contributed by atoms with Crippen LogP contribution in [0.2, 0.25) is 0 Å². The van der Waals surface area contributed by atoms with E-state index < -0.39 is 41.1 Å². The number of hydrogen-bond donors (Lipinski definition) is 3. The molecule has 9 nitrogen and oxygen atoms in total. The van der Waals surface area contributed by atoms with Crippen LogP contribution in [-0.2, 0) is 16.1 Å². The fourth-order valence-corrected chi connectivity index (χ4v) is 3.31. The van der Waals surface area contributed by atoms with E-state index >= 15 is 0 Å². The summed E-state index contributed by atoms with van der Waals surface area (Å²) in [5, 5.41) is 4.99. The van der Waals surface area contributed by atoms with Gasteiger partial charge in [-0.15, -0.1) is 13.2 Å². The molecule has 172 valence electrons. The smallest absolute Gasteiger partial charge is 0.406 e. The average molecular weight is 454 g/mol. The largest absolute Gasteiger partial charge is 0.573 e. The average Bonchev–Trinajstić information content (AvgIpc) is 2.67. The summed E-state index contributed by atoms with van der Waals surface area (Å²) in [5.74, 6) is -2.71. The molecule has 0 aliphatic carbocycles. The van der Waals surface area contributed by atoms with Gasteiger partial charge in [-0.1, -0.05) is 13.8 Å². The van der Waals surface area contributed by atoms with Gasteiger partial charge in [-0.05, 0) is 36.6 Å². The highest BCUT2D eigenvalue weighted by Gasteiger charge is 2.36. The van der Waals surface area contributed by atoms with E-state index in [9.17, 15) is 32.3 Å². The summed E-state index contributed by atoms with van der Waals surface area (Å²) in [6.45, 7) is 4.12. The lowest BCUT2D eigenvalue weighted by molar-refractivity contribution is -0.274. The van der Waals surface area contributed by atoms with E-state index in [1.54, 1.807) is 0 Å². The van der Waals surface area contributed by atoms with Crippen LogP contribution in [0.5, 0.6) is 5.75 Å². The number of halogens is 3. The van der Waals surface area contributed by atoms with Crippen molar-refractivity contribution in [3.63, 3.8) is 0 Å². The molecule has 0 radical (unpaired) electrons. The van der Waals surface area contributed by atoms with Gasteiger partial charge in [0, 0.05) is 18.7 Å². The standard InChI is InChI=1S/C20H21F3N4O5/c1-10(2)7-8-27-16-15(18(30)26-19(27)31)13(9-14(28)25-16)17(29)24-11-3-5-12(6-4-11)32-20(21,22)23/h3-6,10,13H,7-9H2,1-2H3,(H,24,29)(H,25,28)(H,26,30,31)/t13-/m0/s1. The van der Waals surface area contributed by atoms with Crippen molar-refractivity contribution in [2.24, 2.45) is 5.92 Å². The van der Waals surface area contributed by atoms with Crippen LogP contribution in [0.4, 0.5) is 24.7 Å². The lowest BCUT2D eigenvalue weighted by Crippen LogP contribution is -2.42. The summed E-state index contributed by atoms with van der Waals surface area (Å²) in [4.78, 5) is 52.1. The third-order valence-corrected chi connectivity index (χ3v) is 4.83. The zero-order chi connectivity index (χ0) is 23.6. The SMILES string of the molecule is CC(C)CCn1c2c(c(=O)[nH]c1=O)[C@@H](C(=O)Nc1ccc(OC(F)(F)F)cc1)CC(=O)N2. The number of carbonyl (C=O) groups excluding carboxylic acids is 2. The zero-order valence-corrected chi connectivity index (χ0v) is 17.2. The highest BCUT2D eigenvalue weighted by Crippen LogP contribution is 2.30. The van der Waals surface area contributed by atoms with Crippen LogP contribution in [0, 0.1) is 5.92 Å². The Morgan fingerprint density at radius 1 is 1.22 bits per heavy atom. The monoisotopic (exact) mass is 454 g/mol. The molecular weight excluding hydrogens is 433 g/mol. The van der Waals surface area contributed by atoms with Crippen molar-refractivity contribution < 1.29 is 27.5 Å². The van der Waals surface area contributed by atoms with E-state index in [4.69, 9.17) is 0 Å². The Bertz CT molecular complexity index is 1140. The first kappa shape index (κ1) is 23.1. The zero-order valence-electron chi connectivity index (χ0n) is 17.2. The maximum atomic E-state index is 12.9. The molecule has 2 amide bonds. The van der Waals surface area contributed by atoms with Crippen LogP contribution in [0.15, 0.2) is 33.9 Å². The predicted octanol–water partition coefficient (Wildman–Crippen LogP) is 2.55. The molecule has 2 heterocycles. The highest BCUT2D eigenvalue weighted by molar-refractivity contribution is 6.04. The second kappa shape index (κ2) is 8.89. The second-order valence-corrected chi connectivity index (χ2v) is 7.72. The van der Waals surface area contributed by atoms with Crippen molar-refractivity contribution >= 4 is 23.3 Å². The van der Waals surface area contributed by atoms with Gasteiger partial charge >= 0.3 is 12.1 Å². The van der Waals surface area contributed by atoms with E-state index in [0.717, 1.165) is 12.1 Å². The minimum absolute atomic E-state index is 0.0234. The summed E-state index contributed by atoms with van der Waals surface area (Å²) in [6.07, 6.45) is -4.59. The van der Waals surface area contributed by atoms with E-state index in [0.29, 0.717) is 6.42 Å². The predicted molar refractivity (Wildman–Crippen MR) is 109 cm³/mol. The number of alkyl halides is 3. The van der Waals surface area contributed by atoms with Gasteiger partial charge < -0.3 is 15.4 Å².